The molecule has 4 rings (SSSR count). The SMILES string of the molecule is CCCCC(CC)COCCCNC(=O)c1ccc(-c2c3cc(Cl)c(=O)cc-3oc3cc(O)c(Cl)cc23)cc1. The Bertz CT molecular complexity index is 1460. The van der Waals surface area contributed by atoms with Gasteiger partial charge in [-0.2, -0.15) is 0 Å². The van der Waals surface area contributed by atoms with E-state index in [1.165, 1.54) is 31.4 Å². The Hall–Kier alpha value is -3.06. The van der Waals surface area contributed by atoms with Gasteiger partial charge in [-0.15, -0.1) is 0 Å². The lowest BCUT2D eigenvalue weighted by Gasteiger charge is -2.16. The molecule has 0 spiro atoms. The predicted octanol–water partition coefficient (Wildman–Crippen LogP) is 7.93. The van der Waals surface area contributed by atoms with Gasteiger partial charge in [-0.25, -0.2) is 0 Å². The van der Waals surface area contributed by atoms with Crippen molar-refractivity contribution < 1.29 is 19.1 Å². The number of nitrogens with one attached hydrogen (secondary N) is 1. The smallest absolute Gasteiger partial charge is 0.251 e. The van der Waals surface area contributed by atoms with Gasteiger partial charge in [0, 0.05) is 54.0 Å². The third-order valence-electron chi connectivity index (χ3n) is 6.93. The molecule has 0 radical (unpaired) electrons. The summed E-state index contributed by atoms with van der Waals surface area (Å²) in [7, 11) is 0. The molecular weight excluding hydrogens is 537 g/mol. The van der Waals surface area contributed by atoms with Crippen LogP contribution in [0.3, 0.4) is 0 Å². The van der Waals surface area contributed by atoms with E-state index < -0.39 is 0 Å². The van der Waals surface area contributed by atoms with Crippen LogP contribution in [0, 0.1) is 5.92 Å². The zero-order valence-electron chi connectivity index (χ0n) is 22.2. The third-order valence-corrected chi connectivity index (χ3v) is 7.52. The lowest BCUT2D eigenvalue weighted by Crippen LogP contribution is -2.25. The van der Waals surface area contributed by atoms with Gasteiger partial charge in [0.15, 0.2) is 0 Å². The molecule has 0 fully saturated rings. The quantitative estimate of drug-likeness (QED) is 0.133. The molecule has 1 aliphatic carbocycles. The van der Waals surface area contributed by atoms with Gasteiger partial charge < -0.3 is 19.6 Å². The first kappa shape index (κ1) is 28.9. The molecule has 1 aliphatic heterocycles. The number of carbonyl (C=O) groups excluding carboxylic acids is 1. The van der Waals surface area contributed by atoms with Crippen LogP contribution in [0.4, 0.5) is 0 Å². The second-order valence-electron chi connectivity index (χ2n) is 9.73. The van der Waals surface area contributed by atoms with E-state index in [0.29, 0.717) is 46.9 Å². The van der Waals surface area contributed by atoms with E-state index in [0.717, 1.165) is 30.6 Å². The van der Waals surface area contributed by atoms with Gasteiger partial charge in [-0.1, -0.05) is 68.4 Å². The van der Waals surface area contributed by atoms with Crippen molar-refractivity contribution in [2.45, 2.75) is 46.0 Å². The van der Waals surface area contributed by atoms with E-state index in [9.17, 15) is 14.7 Å². The molecule has 39 heavy (non-hydrogen) atoms. The van der Waals surface area contributed by atoms with Crippen LogP contribution in [-0.4, -0.2) is 30.8 Å². The molecule has 0 saturated carbocycles. The number of hydrogen-bond acceptors (Lipinski definition) is 5. The lowest BCUT2D eigenvalue weighted by molar-refractivity contribution is 0.0875. The maximum atomic E-state index is 12.7. The van der Waals surface area contributed by atoms with E-state index in [4.69, 9.17) is 32.4 Å². The molecule has 2 aromatic carbocycles. The van der Waals surface area contributed by atoms with Crippen molar-refractivity contribution in [3.05, 3.63) is 74.4 Å². The number of unbranched alkanes of at least 4 members (excludes halogenated alkanes) is 1. The normalized spacial score (nSPS) is 12.2. The Kier molecular flexibility index (Phi) is 9.89. The molecule has 2 aromatic rings. The molecule has 2 aliphatic rings. The minimum atomic E-state index is -0.365. The molecule has 1 atom stereocenters. The van der Waals surface area contributed by atoms with E-state index >= 15 is 0 Å². The Morgan fingerprint density at radius 2 is 1.82 bits per heavy atom. The maximum absolute atomic E-state index is 12.7. The number of phenolic OH excluding ortho intramolecular Hbond substituents is 1. The van der Waals surface area contributed by atoms with Crippen LogP contribution >= 0.6 is 23.2 Å². The van der Waals surface area contributed by atoms with Gasteiger partial charge in [0.2, 0.25) is 5.43 Å². The summed E-state index contributed by atoms with van der Waals surface area (Å²) in [6.07, 6.45) is 5.50. The van der Waals surface area contributed by atoms with Crippen molar-refractivity contribution in [3.63, 3.8) is 0 Å². The minimum Gasteiger partial charge on any atom is -0.506 e. The number of rotatable bonds is 12. The summed E-state index contributed by atoms with van der Waals surface area (Å²) in [5.74, 6) is 0.633. The molecule has 0 aromatic heterocycles. The zero-order chi connectivity index (χ0) is 27.9. The summed E-state index contributed by atoms with van der Waals surface area (Å²) < 4.78 is 11.7. The highest BCUT2D eigenvalue weighted by Gasteiger charge is 2.20. The third kappa shape index (κ3) is 6.93. The van der Waals surface area contributed by atoms with Gasteiger partial charge in [-0.05, 0) is 48.6 Å². The molecule has 1 heterocycles. The van der Waals surface area contributed by atoms with Gasteiger partial charge in [0.05, 0.1) is 10.0 Å². The first-order valence-corrected chi connectivity index (χ1v) is 14.1. The minimum absolute atomic E-state index is 0.0642. The summed E-state index contributed by atoms with van der Waals surface area (Å²) in [6, 6.07) is 13.1. The van der Waals surface area contributed by atoms with Crippen LogP contribution in [0.1, 0.15) is 56.3 Å². The Balaban J connectivity index is 1.47. The van der Waals surface area contributed by atoms with Gasteiger partial charge in [0.25, 0.3) is 5.91 Å². The maximum Gasteiger partial charge on any atom is 0.251 e. The van der Waals surface area contributed by atoms with Crippen molar-refractivity contribution >= 4 is 40.1 Å². The fraction of sp³-hybridized carbons (Fsp3) is 0.355. The van der Waals surface area contributed by atoms with Crippen LogP contribution in [0.25, 0.3) is 33.4 Å². The number of hydrogen-bond donors (Lipinski definition) is 2. The Morgan fingerprint density at radius 3 is 2.54 bits per heavy atom. The highest BCUT2D eigenvalue weighted by molar-refractivity contribution is 6.33. The van der Waals surface area contributed by atoms with Crippen molar-refractivity contribution in [3.8, 4) is 28.2 Å². The van der Waals surface area contributed by atoms with E-state index in [1.54, 1.807) is 24.3 Å². The summed E-state index contributed by atoms with van der Waals surface area (Å²) in [6.45, 7) is 6.32. The molecular formula is C31H33Cl2NO5. The number of carbonyl (C=O) groups is 1. The van der Waals surface area contributed by atoms with Crippen LogP contribution in [0.2, 0.25) is 10.0 Å². The first-order chi connectivity index (χ1) is 18.8. The van der Waals surface area contributed by atoms with Gasteiger partial charge in [-0.3, -0.25) is 9.59 Å². The van der Waals surface area contributed by atoms with Crippen molar-refractivity contribution in [2.75, 3.05) is 19.8 Å². The number of aromatic hydroxyl groups is 1. The topological polar surface area (TPSA) is 88.8 Å². The van der Waals surface area contributed by atoms with Crippen LogP contribution < -0.4 is 10.7 Å². The van der Waals surface area contributed by atoms with Crippen molar-refractivity contribution in [1.82, 2.24) is 5.32 Å². The average Bonchev–Trinajstić information content (AvgIpc) is 2.93. The number of phenols is 1. The summed E-state index contributed by atoms with van der Waals surface area (Å²) in [5.41, 5.74) is 2.64. The first-order valence-electron chi connectivity index (χ1n) is 13.4. The van der Waals surface area contributed by atoms with E-state index in [2.05, 4.69) is 19.2 Å². The van der Waals surface area contributed by atoms with Gasteiger partial charge in [0.1, 0.15) is 17.1 Å². The molecule has 0 saturated heterocycles. The second kappa shape index (κ2) is 13.3. The fourth-order valence-electron chi connectivity index (χ4n) is 4.63. The average molecular weight is 571 g/mol. The van der Waals surface area contributed by atoms with Crippen molar-refractivity contribution in [2.24, 2.45) is 5.92 Å². The zero-order valence-corrected chi connectivity index (χ0v) is 23.7. The number of benzene rings is 3. The number of fused-ring (bicyclic) bond motifs is 2. The highest BCUT2D eigenvalue weighted by Crippen LogP contribution is 2.43. The summed E-state index contributed by atoms with van der Waals surface area (Å²) >= 11 is 12.4. The summed E-state index contributed by atoms with van der Waals surface area (Å²) in [5, 5.41) is 13.9. The largest absolute Gasteiger partial charge is 0.506 e. The van der Waals surface area contributed by atoms with Crippen LogP contribution in [0.5, 0.6) is 5.75 Å². The van der Waals surface area contributed by atoms with Crippen LogP contribution in [0.15, 0.2) is 57.7 Å². The molecule has 206 valence electrons. The number of ether oxygens (including phenoxy) is 1. The van der Waals surface area contributed by atoms with Crippen LogP contribution in [-0.2, 0) is 4.74 Å². The Labute approximate surface area is 238 Å². The molecule has 6 nitrogen and oxygen atoms in total. The molecule has 1 unspecified atom stereocenters. The fourth-order valence-corrected chi connectivity index (χ4v) is 4.95. The molecule has 8 heteroatoms. The Morgan fingerprint density at radius 1 is 1.05 bits per heavy atom. The second-order valence-corrected chi connectivity index (χ2v) is 10.5. The molecule has 1 amide bonds. The monoisotopic (exact) mass is 569 g/mol. The number of amides is 1. The molecule has 2 N–H and O–H groups in total. The van der Waals surface area contributed by atoms with E-state index in [1.807, 2.05) is 12.1 Å². The lowest BCUT2D eigenvalue weighted by atomic mass is 9.93. The van der Waals surface area contributed by atoms with Gasteiger partial charge >= 0.3 is 0 Å². The molecule has 0 bridgehead atoms. The number of halogens is 2. The predicted molar refractivity (Wildman–Crippen MR) is 157 cm³/mol. The van der Waals surface area contributed by atoms with Crippen molar-refractivity contribution in [1.29, 1.82) is 0 Å². The van der Waals surface area contributed by atoms with E-state index in [-0.39, 0.29) is 27.1 Å². The standard InChI is InChI=1S/C31H33Cl2NO5/c1-3-5-7-19(4-2)18-38-13-6-12-34-31(37)21-10-8-20(9-11-21)30-22-14-24(32)26(35)16-28(22)39-29-17-27(36)25(33)15-23(29)30/h8-11,14-17,19,35H,3-7,12-13,18H2,1-2H3,(H,34,37). The summed E-state index contributed by atoms with van der Waals surface area (Å²) in [4.78, 5) is 24.9. The highest BCUT2D eigenvalue weighted by atomic mass is 35.5.